The second kappa shape index (κ2) is 4.93. The second-order valence-corrected chi connectivity index (χ2v) is 4.44. The summed E-state index contributed by atoms with van der Waals surface area (Å²) in [6, 6.07) is -0.527. The van der Waals surface area contributed by atoms with Crippen LogP contribution in [0.1, 0.15) is 19.5 Å². The summed E-state index contributed by atoms with van der Waals surface area (Å²) in [6.07, 6.45) is 0. The molecule has 0 fully saturated rings. The van der Waals surface area contributed by atoms with Crippen LogP contribution in [0.3, 0.4) is 0 Å². The number of hydrogen-bond donors (Lipinski definition) is 3. The van der Waals surface area contributed by atoms with Gasteiger partial charge in [0.05, 0.1) is 17.7 Å². The number of carbonyl (C=O) groups is 2. The highest BCUT2D eigenvalue weighted by Gasteiger charge is 2.28. The fraction of sp³-hybridized carbons (Fsp3) is 0.444. The van der Waals surface area contributed by atoms with Gasteiger partial charge >= 0.3 is 12.0 Å². The molecule has 6 nitrogen and oxygen atoms in total. The highest BCUT2D eigenvalue weighted by molar-refractivity contribution is 7.07. The van der Waals surface area contributed by atoms with E-state index in [4.69, 9.17) is 5.11 Å². The van der Waals surface area contributed by atoms with Gasteiger partial charge in [0.2, 0.25) is 0 Å². The van der Waals surface area contributed by atoms with Crippen molar-refractivity contribution in [2.45, 2.75) is 25.9 Å². The largest absolute Gasteiger partial charge is 0.480 e. The first-order chi connectivity index (χ1) is 7.42. The number of nitrogens with one attached hydrogen (secondary N) is 2. The summed E-state index contributed by atoms with van der Waals surface area (Å²) in [6.45, 7) is 3.11. The lowest BCUT2D eigenvalue weighted by Crippen LogP contribution is -2.53. The van der Waals surface area contributed by atoms with Crippen LogP contribution < -0.4 is 10.6 Å². The number of nitrogens with zero attached hydrogens (tertiary/aromatic N) is 1. The van der Waals surface area contributed by atoms with Gasteiger partial charge in [-0.2, -0.15) is 0 Å². The average Bonchev–Trinajstić information content (AvgIpc) is 2.66. The molecule has 2 amide bonds. The molecule has 0 spiro atoms. The molecule has 1 heterocycles. The highest BCUT2D eigenvalue weighted by Crippen LogP contribution is 2.02. The molecule has 7 heteroatoms. The molecule has 16 heavy (non-hydrogen) atoms. The number of carboxylic acids is 1. The summed E-state index contributed by atoms with van der Waals surface area (Å²) < 4.78 is 0. The van der Waals surface area contributed by atoms with Crippen LogP contribution in [0.15, 0.2) is 10.9 Å². The molecule has 1 aromatic heterocycles. The Kier molecular flexibility index (Phi) is 3.83. The van der Waals surface area contributed by atoms with Gasteiger partial charge in [0.1, 0.15) is 5.54 Å². The van der Waals surface area contributed by atoms with E-state index in [1.165, 1.54) is 25.2 Å². The van der Waals surface area contributed by atoms with Gasteiger partial charge in [-0.3, -0.25) is 0 Å². The van der Waals surface area contributed by atoms with E-state index in [-0.39, 0.29) is 6.54 Å². The average molecular weight is 243 g/mol. The van der Waals surface area contributed by atoms with E-state index in [2.05, 4.69) is 15.6 Å². The van der Waals surface area contributed by atoms with Crippen molar-refractivity contribution in [1.82, 2.24) is 15.6 Å². The molecule has 3 N–H and O–H groups in total. The molecule has 0 radical (unpaired) electrons. The summed E-state index contributed by atoms with van der Waals surface area (Å²) in [5.41, 5.74) is 1.12. The lowest BCUT2D eigenvalue weighted by Gasteiger charge is -2.20. The van der Waals surface area contributed by atoms with Crippen LogP contribution in [0.25, 0.3) is 0 Å². The standard InChI is InChI=1S/C9H13N3O3S/c1-9(2,7(13)14)12-8(15)10-3-6-4-16-5-11-6/h4-5H,3H2,1-2H3,(H,13,14)(H2,10,12,15). The molecule has 0 aliphatic carbocycles. The van der Waals surface area contributed by atoms with Crippen molar-refractivity contribution in [1.29, 1.82) is 0 Å². The summed E-state index contributed by atoms with van der Waals surface area (Å²) >= 11 is 1.43. The minimum absolute atomic E-state index is 0.283. The van der Waals surface area contributed by atoms with Gasteiger partial charge in [-0.15, -0.1) is 11.3 Å². The van der Waals surface area contributed by atoms with E-state index in [1.807, 2.05) is 5.38 Å². The molecule has 0 saturated heterocycles. The minimum atomic E-state index is -1.29. The maximum atomic E-state index is 11.3. The zero-order chi connectivity index (χ0) is 12.2. The van der Waals surface area contributed by atoms with E-state index in [0.717, 1.165) is 5.69 Å². The molecular formula is C9H13N3O3S. The van der Waals surface area contributed by atoms with Crippen LogP contribution in [0.2, 0.25) is 0 Å². The number of carbonyl (C=O) groups excluding carboxylic acids is 1. The van der Waals surface area contributed by atoms with E-state index in [9.17, 15) is 9.59 Å². The van der Waals surface area contributed by atoms with Crippen molar-refractivity contribution < 1.29 is 14.7 Å². The van der Waals surface area contributed by atoms with E-state index in [0.29, 0.717) is 0 Å². The summed E-state index contributed by atoms with van der Waals surface area (Å²) in [7, 11) is 0. The Balaban J connectivity index is 2.39. The Morgan fingerprint density at radius 1 is 1.56 bits per heavy atom. The van der Waals surface area contributed by atoms with Crippen LogP contribution in [0, 0.1) is 0 Å². The van der Waals surface area contributed by atoms with Crippen LogP contribution in [0.5, 0.6) is 0 Å². The number of carboxylic acid groups (broad SMARTS) is 1. The molecule has 0 aliphatic heterocycles. The molecule has 1 aromatic rings. The number of rotatable bonds is 4. The first-order valence-electron chi connectivity index (χ1n) is 4.58. The lowest BCUT2D eigenvalue weighted by atomic mass is 10.1. The van der Waals surface area contributed by atoms with Crippen molar-refractivity contribution in [2.75, 3.05) is 0 Å². The minimum Gasteiger partial charge on any atom is -0.480 e. The maximum Gasteiger partial charge on any atom is 0.328 e. The van der Waals surface area contributed by atoms with E-state index in [1.54, 1.807) is 5.51 Å². The molecule has 0 unspecified atom stereocenters. The third kappa shape index (κ3) is 3.50. The quantitative estimate of drug-likeness (QED) is 0.729. The first kappa shape index (κ1) is 12.4. The zero-order valence-corrected chi connectivity index (χ0v) is 9.80. The summed E-state index contributed by atoms with van der Waals surface area (Å²) in [5.74, 6) is -1.09. The SMILES string of the molecule is CC(C)(NC(=O)NCc1cscn1)C(=O)O. The van der Waals surface area contributed by atoms with Crippen LogP contribution in [0.4, 0.5) is 4.79 Å². The van der Waals surface area contributed by atoms with Gasteiger partial charge in [-0.05, 0) is 13.8 Å². The van der Waals surface area contributed by atoms with Crippen molar-refractivity contribution in [2.24, 2.45) is 0 Å². The highest BCUT2D eigenvalue weighted by atomic mass is 32.1. The number of aromatic nitrogens is 1. The van der Waals surface area contributed by atoms with Crippen LogP contribution in [-0.4, -0.2) is 27.6 Å². The van der Waals surface area contributed by atoms with Gasteiger partial charge in [-0.1, -0.05) is 0 Å². The fourth-order valence-electron chi connectivity index (χ4n) is 0.877. The zero-order valence-electron chi connectivity index (χ0n) is 8.98. The van der Waals surface area contributed by atoms with Crippen molar-refractivity contribution >= 4 is 23.3 Å². The molecular weight excluding hydrogens is 230 g/mol. The molecule has 0 atom stereocenters. The monoisotopic (exact) mass is 243 g/mol. The van der Waals surface area contributed by atoms with Gasteiger partial charge < -0.3 is 15.7 Å². The molecule has 0 aromatic carbocycles. The van der Waals surface area contributed by atoms with Gasteiger partial charge in [0.15, 0.2) is 0 Å². The Hall–Kier alpha value is -1.63. The summed E-state index contributed by atoms with van der Waals surface area (Å²) in [5, 5.41) is 15.5. The van der Waals surface area contributed by atoms with E-state index >= 15 is 0 Å². The fourth-order valence-corrected chi connectivity index (χ4v) is 1.44. The van der Waals surface area contributed by atoms with Crippen LogP contribution >= 0.6 is 11.3 Å². The molecule has 1 rings (SSSR count). The second-order valence-electron chi connectivity index (χ2n) is 3.72. The molecule has 0 bridgehead atoms. The van der Waals surface area contributed by atoms with Gasteiger partial charge in [-0.25, -0.2) is 14.6 Å². The first-order valence-corrected chi connectivity index (χ1v) is 5.52. The van der Waals surface area contributed by atoms with Gasteiger partial charge in [0, 0.05) is 5.38 Å². The van der Waals surface area contributed by atoms with Crippen LogP contribution in [-0.2, 0) is 11.3 Å². The Bertz CT molecular complexity index is 375. The Morgan fingerprint density at radius 2 is 2.25 bits per heavy atom. The number of thiazole rings is 1. The topological polar surface area (TPSA) is 91.3 Å². The predicted octanol–water partition coefficient (Wildman–Crippen LogP) is 0.805. The number of amides is 2. The smallest absolute Gasteiger partial charge is 0.328 e. The van der Waals surface area contributed by atoms with E-state index < -0.39 is 17.5 Å². The van der Waals surface area contributed by atoms with Crippen molar-refractivity contribution in [3.05, 3.63) is 16.6 Å². The predicted molar refractivity (Wildman–Crippen MR) is 59.2 cm³/mol. The number of aliphatic carboxylic acids is 1. The molecule has 0 aliphatic rings. The third-order valence-corrected chi connectivity index (χ3v) is 2.51. The number of urea groups is 1. The third-order valence-electron chi connectivity index (χ3n) is 1.87. The Labute approximate surface area is 96.7 Å². The normalized spacial score (nSPS) is 10.9. The Morgan fingerprint density at radius 3 is 2.75 bits per heavy atom. The van der Waals surface area contributed by atoms with Crippen molar-refractivity contribution in [3.63, 3.8) is 0 Å². The maximum absolute atomic E-state index is 11.3. The number of hydrogen-bond acceptors (Lipinski definition) is 4. The summed E-state index contributed by atoms with van der Waals surface area (Å²) in [4.78, 5) is 26.1. The van der Waals surface area contributed by atoms with Crippen molar-refractivity contribution in [3.8, 4) is 0 Å². The molecule has 88 valence electrons. The van der Waals surface area contributed by atoms with Gasteiger partial charge in [0.25, 0.3) is 0 Å². The molecule has 0 saturated carbocycles. The lowest BCUT2D eigenvalue weighted by molar-refractivity contribution is -0.142.